The second-order valence-corrected chi connectivity index (χ2v) is 14.6. The number of nitrogens with zero attached hydrogens (tertiary/aromatic N) is 1. The Bertz CT molecular complexity index is 1080. The van der Waals surface area contributed by atoms with E-state index in [0.717, 1.165) is 29.5 Å². The van der Waals surface area contributed by atoms with Crippen molar-refractivity contribution in [3.8, 4) is 5.75 Å². The first kappa shape index (κ1) is 30.2. The van der Waals surface area contributed by atoms with E-state index in [1.54, 1.807) is 0 Å². The molecule has 0 amide bonds. The van der Waals surface area contributed by atoms with E-state index < -0.39 is 0 Å². The van der Waals surface area contributed by atoms with Gasteiger partial charge in [0, 0.05) is 29.8 Å². The molecule has 0 saturated carbocycles. The van der Waals surface area contributed by atoms with Crippen molar-refractivity contribution in [2.75, 3.05) is 7.05 Å². The van der Waals surface area contributed by atoms with Crippen molar-refractivity contribution in [3.63, 3.8) is 0 Å². The number of hydrogen-bond acceptors (Lipinski definition) is 4. The van der Waals surface area contributed by atoms with Gasteiger partial charge >= 0.3 is 5.97 Å². The van der Waals surface area contributed by atoms with Crippen LogP contribution in [0.2, 0.25) is 0 Å². The third-order valence-corrected chi connectivity index (χ3v) is 8.81. The van der Waals surface area contributed by atoms with Gasteiger partial charge in [0.1, 0.15) is 11.9 Å². The molecule has 1 saturated heterocycles. The SMILES string of the molecule is CN1C(C)(C)CC(OC(=O)CCc2cc(C(C)(C)C)c(O)c(C(C)(C)C)c2)C(Cc2ccccc2)C1(C)C. The highest BCUT2D eigenvalue weighted by Gasteiger charge is 2.51. The third-order valence-electron chi connectivity index (χ3n) is 8.81. The van der Waals surface area contributed by atoms with Crippen molar-refractivity contribution in [1.29, 1.82) is 0 Å². The number of piperidine rings is 1. The third kappa shape index (κ3) is 6.62. The maximum Gasteiger partial charge on any atom is 0.306 e. The van der Waals surface area contributed by atoms with Crippen molar-refractivity contribution >= 4 is 5.97 Å². The predicted molar refractivity (Wildman–Crippen MR) is 158 cm³/mol. The van der Waals surface area contributed by atoms with Gasteiger partial charge in [-0.05, 0) is 80.7 Å². The van der Waals surface area contributed by atoms with Crippen LogP contribution in [-0.2, 0) is 33.2 Å². The Balaban J connectivity index is 1.83. The lowest BCUT2D eigenvalue weighted by atomic mass is 9.68. The predicted octanol–water partition coefficient (Wildman–Crippen LogP) is 7.58. The molecule has 2 aromatic carbocycles. The van der Waals surface area contributed by atoms with E-state index in [-0.39, 0.29) is 39.9 Å². The summed E-state index contributed by atoms with van der Waals surface area (Å²) in [7, 11) is 2.19. The maximum absolute atomic E-state index is 13.3. The van der Waals surface area contributed by atoms with Crippen molar-refractivity contribution in [1.82, 2.24) is 4.90 Å². The number of phenols is 1. The summed E-state index contributed by atoms with van der Waals surface area (Å²) < 4.78 is 6.32. The molecule has 1 heterocycles. The highest BCUT2D eigenvalue weighted by atomic mass is 16.5. The molecule has 1 fully saturated rings. The molecule has 2 unspecified atom stereocenters. The van der Waals surface area contributed by atoms with E-state index in [2.05, 4.69) is 118 Å². The number of carbonyl (C=O) groups is 1. The van der Waals surface area contributed by atoms with Gasteiger partial charge in [0.15, 0.2) is 0 Å². The Morgan fingerprint density at radius 3 is 1.97 bits per heavy atom. The van der Waals surface area contributed by atoms with Crippen LogP contribution in [0.25, 0.3) is 0 Å². The quantitative estimate of drug-likeness (QED) is 0.398. The standard InChI is InChI=1S/C34H51NO3/c1-31(2,3)26-20-24(21-27(30(26)37)32(4,5)6)17-18-29(36)38-28-22-33(7,8)35(11)34(9,10)25(28)19-23-15-13-12-14-16-23/h12-16,20-21,25,28,37H,17-19,22H2,1-11H3. The summed E-state index contributed by atoms with van der Waals surface area (Å²) in [6.45, 7) is 21.7. The van der Waals surface area contributed by atoms with Crippen molar-refractivity contribution in [3.05, 3.63) is 64.7 Å². The van der Waals surface area contributed by atoms with E-state index >= 15 is 0 Å². The zero-order valence-electron chi connectivity index (χ0n) is 25.7. The number of aryl methyl sites for hydroxylation is 1. The minimum atomic E-state index is -0.198. The first-order valence-corrected chi connectivity index (χ1v) is 14.2. The van der Waals surface area contributed by atoms with Crippen LogP contribution in [0.5, 0.6) is 5.75 Å². The van der Waals surface area contributed by atoms with Gasteiger partial charge in [-0.15, -0.1) is 0 Å². The molecule has 1 aliphatic rings. The lowest BCUT2D eigenvalue weighted by molar-refractivity contribution is -0.170. The molecule has 2 aromatic rings. The Morgan fingerprint density at radius 2 is 1.47 bits per heavy atom. The van der Waals surface area contributed by atoms with Gasteiger partial charge in [0.05, 0.1) is 0 Å². The average Bonchev–Trinajstić information content (AvgIpc) is 2.79. The lowest BCUT2D eigenvalue weighted by Crippen LogP contribution is -2.65. The second kappa shape index (κ2) is 10.7. The molecule has 0 aliphatic carbocycles. The van der Waals surface area contributed by atoms with Gasteiger partial charge in [0.25, 0.3) is 0 Å². The van der Waals surface area contributed by atoms with Crippen LogP contribution in [0.1, 0.15) is 104 Å². The number of hydrogen-bond donors (Lipinski definition) is 1. The van der Waals surface area contributed by atoms with Crippen molar-refractivity contribution in [2.24, 2.45) is 5.92 Å². The topological polar surface area (TPSA) is 49.8 Å². The van der Waals surface area contributed by atoms with E-state index in [0.29, 0.717) is 18.6 Å². The summed E-state index contributed by atoms with van der Waals surface area (Å²) in [5, 5.41) is 11.1. The molecule has 0 spiro atoms. The first-order valence-electron chi connectivity index (χ1n) is 14.2. The minimum Gasteiger partial charge on any atom is -0.507 e. The van der Waals surface area contributed by atoms with Crippen LogP contribution >= 0.6 is 0 Å². The molecule has 4 heteroatoms. The van der Waals surface area contributed by atoms with E-state index in [1.165, 1.54) is 5.56 Å². The van der Waals surface area contributed by atoms with Gasteiger partial charge < -0.3 is 9.84 Å². The Morgan fingerprint density at radius 1 is 0.947 bits per heavy atom. The molecule has 0 bridgehead atoms. The summed E-state index contributed by atoms with van der Waals surface area (Å²) in [5.74, 6) is 0.406. The smallest absolute Gasteiger partial charge is 0.306 e. The fraction of sp³-hybridized carbons (Fsp3) is 0.618. The first-order chi connectivity index (χ1) is 17.3. The summed E-state index contributed by atoms with van der Waals surface area (Å²) >= 11 is 0. The van der Waals surface area contributed by atoms with Crippen LogP contribution in [0.3, 0.4) is 0 Å². The molecule has 0 radical (unpaired) electrons. The Kier molecular flexibility index (Phi) is 8.49. The number of ether oxygens (including phenoxy) is 1. The molecule has 1 N–H and O–H groups in total. The highest BCUT2D eigenvalue weighted by Crippen LogP contribution is 2.44. The van der Waals surface area contributed by atoms with Gasteiger partial charge in [-0.1, -0.05) is 84.0 Å². The Labute approximate surface area is 231 Å². The Hall–Kier alpha value is -2.33. The summed E-state index contributed by atoms with van der Waals surface area (Å²) in [5.41, 5.74) is 3.58. The highest BCUT2D eigenvalue weighted by molar-refractivity contribution is 5.70. The molecule has 38 heavy (non-hydrogen) atoms. The maximum atomic E-state index is 13.3. The number of phenolic OH excluding ortho intramolecular Hbond substituents is 1. The molecule has 2 atom stereocenters. The fourth-order valence-corrected chi connectivity index (χ4v) is 6.08. The van der Waals surface area contributed by atoms with Gasteiger partial charge in [-0.3, -0.25) is 9.69 Å². The average molecular weight is 522 g/mol. The normalized spacial score (nSPS) is 21.8. The zero-order valence-corrected chi connectivity index (χ0v) is 25.7. The van der Waals surface area contributed by atoms with Crippen LogP contribution in [0.15, 0.2) is 42.5 Å². The molecule has 210 valence electrons. The molecule has 0 aromatic heterocycles. The number of benzene rings is 2. The minimum absolute atomic E-state index is 0.0815. The monoisotopic (exact) mass is 521 g/mol. The van der Waals surface area contributed by atoms with E-state index in [9.17, 15) is 9.90 Å². The van der Waals surface area contributed by atoms with Crippen molar-refractivity contribution < 1.29 is 14.6 Å². The zero-order chi connectivity index (χ0) is 28.7. The fourth-order valence-electron chi connectivity index (χ4n) is 6.08. The second-order valence-electron chi connectivity index (χ2n) is 14.6. The van der Waals surface area contributed by atoms with E-state index in [1.807, 2.05) is 6.07 Å². The number of likely N-dealkylation sites (tertiary alicyclic amines) is 1. The number of carbonyl (C=O) groups excluding carboxylic acids is 1. The molecule has 4 nitrogen and oxygen atoms in total. The van der Waals surface area contributed by atoms with Gasteiger partial charge in [-0.25, -0.2) is 0 Å². The number of aromatic hydroxyl groups is 1. The number of esters is 1. The molecule has 1 aliphatic heterocycles. The summed E-state index contributed by atoms with van der Waals surface area (Å²) in [4.78, 5) is 15.8. The van der Waals surface area contributed by atoms with Crippen LogP contribution < -0.4 is 0 Å². The van der Waals surface area contributed by atoms with Crippen LogP contribution in [0, 0.1) is 5.92 Å². The number of rotatable bonds is 6. The van der Waals surface area contributed by atoms with Crippen molar-refractivity contribution in [2.45, 2.75) is 123 Å². The summed E-state index contributed by atoms with van der Waals surface area (Å²) in [6, 6.07) is 14.7. The summed E-state index contributed by atoms with van der Waals surface area (Å²) in [6.07, 6.45) is 2.43. The van der Waals surface area contributed by atoms with Gasteiger partial charge in [0.2, 0.25) is 0 Å². The van der Waals surface area contributed by atoms with Crippen LogP contribution in [-0.4, -0.2) is 40.2 Å². The molecule has 3 rings (SSSR count). The van der Waals surface area contributed by atoms with Crippen LogP contribution in [0.4, 0.5) is 0 Å². The lowest BCUT2D eigenvalue weighted by Gasteiger charge is -2.57. The van der Waals surface area contributed by atoms with E-state index in [4.69, 9.17) is 4.74 Å². The molecular formula is C34H51NO3. The largest absolute Gasteiger partial charge is 0.507 e. The molecular weight excluding hydrogens is 470 g/mol. The van der Waals surface area contributed by atoms with Gasteiger partial charge in [-0.2, -0.15) is 0 Å².